The van der Waals surface area contributed by atoms with Gasteiger partial charge in [-0.15, -0.1) is 0 Å². The van der Waals surface area contributed by atoms with Crippen LogP contribution in [0.5, 0.6) is 5.75 Å². The van der Waals surface area contributed by atoms with Gasteiger partial charge in [0.2, 0.25) is 0 Å². The zero-order chi connectivity index (χ0) is 19.2. The van der Waals surface area contributed by atoms with Gasteiger partial charge in [0, 0.05) is 11.3 Å². The van der Waals surface area contributed by atoms with Crippen molar-refractivity contribution in [2.24, 2.45) is 0 Å². The van der Waals surface area contributed by atoms with Crippen molar-refractivity contribution in [1.82, 2.24) is 5.32 Å². The maximum atomic E-state index is 12.9. The van der Waals surface area contributed by atoms with E-state index >= 15 is 0 Å². The van der Waals surface area contributed by atoms with E-state index in [1.54, 1.807) is 37.4 Å². The van der Waals surface area contributed by atoms with Crippen molar-refractivity contribution in [3.8, 4) is 5.75 Å². The average molecular weight is 368 g/mol. The Morgan fingerprint density at radius 3 is 2.33 bits per heavy atom. The van der Waals surface area contributed by atoms with Crippen LogP contribution < -0.4 is 15.4 Å². The predicted octanol–water partition coefficient (Wildman–Crippen LogP) is 3.61. The number of hydrogen-bond acceptors (Lipinski definition) is 4. The maximum absolute atomic E-state index is 12.9. The standard InChI is InChI=1S/C20H17FN2O4/c1-26-16-8-2-13(3-9-16)19(24)22-12-17-10-11-18(27-17)20(25)23-15-6-4-14(21)5-7-15/h2-11H,12H2,1H3,(H,22,24)(H,23,25). The molecule has 0 radical (unpaired) electrons. The van der Waals surface area contributed by atoms with Gasteiger partial charge in [-0.1, -0.05) is 0 Å². The first-order valence-corrected chi connectivity index (χ1v) is 8.13. The van der Waals surface area contributed by atoms with E-state index in [1.807, 2.05) is 0 Å². The number of carbonyl (C=O) groups is 2. The van der Waals surface area contributed by atoms with Gasteiger partial charge < -0.3 is 19.8 Å². The summed E-state index contributed by atoms with van der Waals surface area (Å²) in [6.07, 6.45) is 0. The van der Waals surface area contributed by atoms with Gasteiger partial charge in [-0.2, -0.15) is 0 Å². The summed E-state index contributed by atoms with van der Waals surface area (Å²) in [4.78, 5) is 24.3. The Morgan fingerprint density at radius 1 is 0.963 bits per heavy atom. The fourth-order valence-corrected chi connectivity index (χ4v) is 2.33. The molecule has 7 heteroatoms. The van der Waals surface area contributed by atoms with E-state index in [0.717, 1.165) is 0 Å². The molecule has 0 spiro atoms. The number of ether oxygens (including phenoxy) is 1. The van der Waals surface area contributed by atoms with Crippen molar-refractivity contribution in [2.45, 2.75) is 6.54 Å². The molecule has 3 rings (SSSR count). The van der Waals surface area contributed by atoms with Crippen molar-refractivity contribution in [3.05, 3.63) is 83.6 Å². The number of hydrogen-bond donors (Lipinski definition) is 2. The Labute approximate surface area is 155 Å². The molecule has 0 aliphatic rings. The van der Waals surface area contributed by atoms with Crippen LogP contribution in [0, 0.1) is 5.82 Å². The lowest BCUT2D eigenvalue weighted by atomic mass is 10.2. The third-order valence-corrected chi connectivity index (χ3v) is 3.76. The highest BCUT2D eigenvalue weighted by atomic mass is 19.1. The zero-order valence-electron chi connectivity index (χ0n) is 14.5. The van der Waals surface area contributed by atoms with Gasteiger partial charge in [0.25, 0.3) is 11.8 Å². The van der Waals surface area contributed by atoms with Crippen LogP contribution in [0.2, 0.25) is 0 Å². The highest BCUT2D eigenvalue weighted by Crippen LogP contribution is 2.14. The first kappa shape index (κ1) is 18.2. The maximum Gasteiger partial charge on any atom is 0.291 e. The van der Waals surface area contributed by atoms with E-state index in [1.165, 1.54) is 30.3 Å². The summed E-state index contributed by atoms with van der Waals surface area (Å²) in [5.41, 5.74) is 0.934. The molecule has 0 unspecified atom stereocenters. The second-order valence-electron chi connectivity index (χ2n) is 5.64. The fraction of sp³-hybridized carbons (Fsp3) is 0.100. The van der Waals surface area contributed by atoms with E-state index in [4.69, 9.17) is 9.15 Å². The van der Waals surface area contributed by atoms with Gasteiger partial charge in [0.1, 0.15) is 17.3 Å². The molecule has 2 aromatic carbocycles. The number of amides is 2. The summed E-state index contributed by atoms with van der Waals surface area (Å²) < 4.78 is 23.4. The third kappa shape index (κ3) is 4.72. The molecule has 0 saturated carbocycles. The zero-order valence-corrected chi connectivity index (χ0v) is 14.5. The highest BCUT2D eigenvalue weighted by Gasteiger charge is 2.13. The Morgan fingerprint density at radius 2 is 1.67 bits per heavy atom. The Hall–Kier alpha value is -3.61. The average Bonchev–Trinajstić information content (AvgIpc) is 3.17. The molecular weight excluding hydrogens is 351 g/mol. The highest BCUT2D eigenvalue weighted by molar-refractivity contribution is 6.02. The van der Waals surface area contributed by atoms with Crippen molar-refractivity contribution in [3.63, 3.8) is 0 Å². The quantitative estimate of drug-likeness (QED) is 0.697. The minimum absolute atomic E-state index is 0.0908. The molecular formula is C20H17FN2O4. The van der Waals surface area contributed by atoms with Crippen LogP contribution in [0.3, 0.4) is 0 Å². The number of furan rings is 1. The van der Waals surface area contributed by atoms with Crippen LogP contribution in [0.4, 0.5) is 10.1 Å². The molecule has 27 heavy (non-hydrogen) atoms. The molecule has 0 saturated heterocycles. The SMILES string of the molecule is COc1ccc(C(=O)NCc2ccc(C(=O)Nc3ccc(F)cc3)o2)cc1. The van der Waals surface area contributed by atoms with E-state index in [0.29, 0.717) is 22.8 Å². The van der Waals surface area contributed by atoms with Gasteiger partial charge in [0.05, 0.1) is 13.7 Å². The molecule has 0 aliphatic heterocycles. The second kappa shape index (κ2) is 8.18. The molecule has 0 atom stereocenters. The van der Waals surface area contributed by atoms with Crippen LogP contribution >= 0.6 is 0 Å². The molecule has 6 nitrogen and oxygen atoms in total. The predicted molar refractivity (Wildman–Crippen MR) is 97.2 cm³/mol. The first-order valence-electron chi connectivity index (χ1n) is 8.13. The van der Waals surface area contributed by atoms with Crippen LogP contribution in [0.25, 0.3) is 0 Å². The van der Waals surface area contributed by atoms with Crippen LogP contribution in [-0.2, 0) is 6.54 Å². The second-order valence-corrected chi connectivity index (χ2v) is 5.64. The normalized spacial score (nSPS) is 10.3. The number of carbonyl (C=O) groups excluding carboxylic acids is 2. The molecule has 0 bridgehead atoms. The van der Waals surface area contributed by atoms with E-state index in [-0.39, 0.29) is 24.0 Å². The molecule has 138 valence electrons. The van der Waals surface area contributed by atoms with E-state index in [9.17, 15) is 14.0 Å². The van der Waals surface area contributed by atoms with Crippen molar-refractivity contribution in [1.29, 1.82) is 0 Å². The topological polar surface area (TPSA) is 80.6 Å². The number of anilines is 1. The number of nitrogens with one attached hydrogen (secondary N) is 2. The summed E-state index contributed by atoms with van der Waals surface area (Å²) in [6.45, 7) is 0.134. The van der Waals surface area contributed by atoms with Gasteiger partial charge >= 0.3 is 0 Å². The fourth-order valence-electron chi connectivity index (χ4n) is 2.33. The van der Waals surface area contributed by atoms with Gasteiger partial charge in [-0.3, -0.25) is 9.59 Å². The number of rotatable bonds is 6. The Kier molecular flexibility index (Phi) is 5.51. The third-order valence-electron chi connectivity index (χ3n) is 3.76. The minimum atomic E-state index is -0.464. The van der Waals surface area contributed by atoms with E-state index < -0.39 is 5.91 Å². The lowest BCUT2D eigenvalue weighted by Gasteiger charge is -2.05. The molecule has 2 amide bonds. The number of halogens is 1. The summed E-state index contributed by atoms with van der Waals surface area (Å²) in [7, 11) is 1.55. The number of methoxy groups -OCH3 is 1. The lowest BCUT2D eigenvalue weighted by molar-refractivity contribution is 0.0948. The largest absolute Gasteiger partial charge is 0.497 e. The monoisotopic (exact) mass is 368 g/mol. The molecule has 2 N–H and O–H groups in total. The van der Waals surface area contributed by atoms with Crippen molar-refractivity contribution >= 4 is 17.5 Å². The van der Waals surface area contributed by atoms with Crippen molar-refractivity contribution < 1.29 is 23.1 Å². The lowest BCUT2D eigenvalue weighted by Crippen LogP contribution is -2.22. The van der Waals surface area contributed by atoms with Crippen molar-refractivity contribution in [2.75, 3.05) is 12.4 Å². The van der Waals surface area contributed by atoms with Crippen LogP contribution in [0.1, 0.15) is 26.7 Å². The van der Waals surface area contributed by atoms with Gasteiger partial charge in [-0.05, 0) is 60.7 Å². The van der Waals surface area contributed by atoms with E-state index in [2.05, 4.69) is 10.6 Å². The molecule has 0 fully saturated rings. The van der Waals surface area contributed by atoms with Crippen LogP contribution in [0.15, 0.2) is 65.1 Å². The first-order chi connectivity index (χ1) is 13.0. The molecule has 1 aromatic heterocycles. The molecule has 1 heterocycles. The van der Waals surface area contributed by atoms with Gasteiger partial charge in [-0.25, -0.2) is 4.39 Å². The summed E-state index contributed by atoms with van der Waals surface area (Å²) >= 11 is 0. The minimum Gasteiger partial charge on any atom is -0.497 e. The summed E-state index contributed by atoms with van der Waals surface area (Å²) in [5.74, 6) is 0.0603. The van der Waals surface area contributed by atoms with Gasteiger partial charge in [0.15, 0.2) is 5.76 Å². The van der Waals surface area contributed by atoms with Crippen LogP contribution in [-0.4, -0.2) is 18.9 Å². The number of benzene rings is 2. The molecule has 3 aromatic rings. The molecule has 0 aliphatic carbocycles. The summed E-state index contributed by atoms with van der Waals surface area (Å²) in [6, 6.07) is 15.2. The summed E-state index contributed by atoms with van der Waals surface area (Å²) in [5, 5.41) is 5.32. The Balaban J connectivity index is 1.56. The Bertz CT molecular complexity index is 933. The smallest absolute Gasteiger partial charge is 0.291 e.